The molecule has 0 spiro atoms. The van der Waals surface area contributed by atoms with Gasteiger partial charge in [-0.15, -0.1) is 10.2 Å². The van der Waals surface area contributed by atoms with Crippen molar-refractivity contribution in [3.63, 3.8) is 0 Å². The quantitative estimate of drug-likeness (QED) is 0.604. The monoisotopic (exact) mass is 361 g/mol. The van der Waals surface area contributed by atoms with Crippen LogP contribution in [0.3, 0.4) is 0 Å². The van der Waals surface area contributed by atoms with Crippen LogP contribution in [-0.2, 0) is 7.05 Å². The minimum absolute atomic E-state index is 0.322. The Bertz CT molecular complexity index is 1130. The molecule has 4 aromatic heterocycles. The van der Waals surface area contributed by atoms with E-state index in [1.54, 1.807) is 17.1 Å². The number of aryl methyl sites for hydroxylation is 1. The fourth-order valence-corrected chi connectivity index (χ4v) is 3.37. The molecule has 0 fully saturated rings. The maximum absolute atomic E-state index is 5.98. The van der Waals surface area contributed by atoms with Gasteiger partial charge in [0.05, 0.1) is 12.8 Å². The molecule has 1 N–H and O–H groups in total. The lowest BCUT2D eigenvalue weighted by molar-refractivity contribution is 0.299. The summed E-state index contributed by atoms with van der Waals surface area (Å²) in [5, 5.41) is 16.2. The molecule has 4 aromatic rings. The molecular formula is C19H19N7O. The van der Waals surface area contributed by atoms with Gasteiger partial charge in [-0.25, -0.2) is 9.38 Å². The Morgan fingerprint density at radius 2 is 2.04 bits per heavy atom. The minimum Gasteiger partial charge on any atom is -0.478 e. The van der Waals surface area contributed by atoms with Gasteiger partial charge in [-0.05, 0) is 35.7 Å². The predicted octanol–water partition coefficient (Wildman–Crippen LogP) is 3.15. The van der Waals surface area contributed by atoms with Crippen molar-refractivity contribution < 1.29 is 4.74 Å². The first-order valence-electron chi connectivity index (χ1n) is 8.92. The maximum atomic E-state index is 5.98. The highest BCUT2D eigenvalue weighted by Crippen LogP contribution is 2.32. The van der Waals surface area contributed by atoms with Crippen LogP contribution in [-0.4, -0.2) is 36.0 Å². The minimum atomic E-state index is 0.322. The smallest absolute Gasteiger partial charge is 0.201 e. The SMILES string of the molecule is CC1CCOc2cc(-c3ccnc(Nc4ccnn4C)c3)cc3nnc1n23. The van der Waals surface area contributed by atoms with Crippen molar-refractivity contribution in [3.8, 4) is 17.0 Å². The molecule has 0 aromatic carbocycles. The first-order valence-corrected chi connectivity index (χ1v) is 8.92. The fourth-order valence-electron chi connectivity index (χ4n) is 3.37. The average molecular weight is 361 g/mol. The fraction of sp³-hybridized carbons (Fsp3) is 0.263. The van der Waals surface area contributed by atoms with Crippen LogP contribution in [0.4, 0.5) is 11.6 Å². The Morgan fingerprint density at radius 3 is 2.89 bits per heavy atom. The van der Waals surface area contributed by atoms with E-state index in [1.807, 2.05) is 41.8 Å². The van der Waals surface area contributed by atoms with Crippen molar-refractivity contribution in [2.45, 2.75) is 19.3 Å². The summed E-state index contributed by atoms with van der Waals surface area (Å²) in [4.78, 5) is 4.41. The van der Waals surface area contributed by atoms with E-state index >= 15 is 0 Å². The Kier molecular flexibility index (Phi) is 3.56. The van der Waals surface area contributed by atoms with Gasteiger partial charge in [-0.2, -0.15) is 5.10 Å². The molecule has 8 heteroatoms. The van der Waals surface area contributed by atoms with E-state index in [-0.39, 0.29) is 0 Å². The lowest BCUT2D eigenvalue weighted by Crippen LogP contribution is -2.01. The van der Waals surface area contributed by atoms with Crippen LogP contribution in [0, 0.1) is 0 Å². The molecule has 0 amide bonds. The molecule has 5 rings (SSSR count). The molecule has 136 valence electrons. The van der Waals surface area contributed by atoms with E-state index in [4.69, 9.17) is 4.74 Å². The summed E-state index contributed by atoms with van der Waals surface area (Å²) in [7, 11) is 1.88. The molecule has 0 radical (unpaired) electrons. The molecule has 1 aliphatic heterocycles. The molecule has 1 atom stereocenters. The summed E-state index contributed by atoms with van der Waals surface area (Å²) in [5.41, 5.74) is 2.84. The second-order valence-corrected chi connectivity index (χ2v) is 6.77. The van der Waals surface area contributed by atoms with Crippen molar-refractivity contribution in [3.05, 3.63) is 48.5 Å². The number of nitrogens with zero attached hydrogens (tertiary/aromatic N) is 6. The van der Waals surface area contributed by atoms with Gasteiger partial charge in [0.2, 0.25) is 5.88 Å². The standard InChI is InChI=1S/C19H19N7O/c1-12-5-8-27-18-11-14(10-17-23-24-19(12)26(17)18)13-3-6-20-15(9-13)22-16-4-7-21-25(16)2/h3-4,6-7,9-12H,5,8H2,1-2H3,(H,20,22). The number of hydrogen-bond acceptors (Lipinski definition) is 6. The highest BCUT2D eigenvalue weighted by atomic mass is 16.5. The van der Waals surface area contributed by atoms with Gasteiger partial charge in [0.15, 0.2) is 5.65 Å². The second kappa shape index (κ2) is 6.08. The third-order valence-electron chi connectivity index (χ3n) is 4.91. The van der Waals surface area contributed by atoms with E-state index in [0.717, 1.165) is 46.5 Å². The molecule has 0 aliphatic carbocycles. The lowest BCUT2D eigenvalue weighted by Gasteiger charge is -2.10. The van der Waals surface area contributed by atoms with Gasteiger partial charge in [-0.1, -0.05) is 6.92 Å². The molecule has 8 nitrogen and oxygen atoms in total. The summed E-state index contributed by atoms with van der Waals surface area (Å²) in [6.45, 7) is 2.83. The third-order valence-corrected chi connectivity index (χ3v) is 4.91. The zero-order valence-corrected chi connectivity index (χ0v) is 15.1. The lowest BCUT2D eigenvalue weighted by atomic mass is 10.1. The zero-order chi connectivity index (χ0) is 18.4. The van der Waals surface area contributed by atoms with Crippen LogP contribution in [0.1, 0.15) is 25.1 Å². The van der Waals surface area contributed by atoms with Gasteiger partial charge in [0, 0.05) is 31.3 Å². The zero-order valence-electron chi connectivity index (χ0n) is 15.1. The Labute approximate surface area is 155 Å². The second-order valence-electron chi connectivity index (χ2n) is 6.77. The molecule has 0 bridgehead atoms. The Hall–Kier alpha value is -3.42. The van der Waals surface area contributed by atoms with Crippen molar-refractivity contribution >= 4 is 17.3 Å². The van der Waals surface area contributed by atoms with Gasteiger partial charge in [0.1, 0.15) is 17.5 Å². The van der Waals surface area contributed by atoms with Gasteiger partial charge < -0.3 is 10.1 Å². The summed E-state index contributed by atoms with van der Waals surface area (Å²) in [6, 6.07) is 9.96. The number of ether oxygens (including phenoxy) is 1. The first-order chi connectivity index (χ1) is 13.2. The first kappa shape index (κ1) is 15.8. The summed E-state index contributed by atoms with van der Waals surface area (Å²) in [6.07, 6.45) is 4.46. The number of pyridine rings is 2. The van der Waals surface area contributed by atoms with E-state index in [1.165, 1.54) is 0 Å². The molecule has 1 unspecified atom stereocenters. The number of anilines is 2. The number of aromatic nitrogens is 6. The number of hydrogen-bond donors (Lipinski definition) is 1. The number of rotatable bonds is 3. The van der Waals surface area contributed by atoms with E-state index in [2.05, 4.69) is 32.5 Å². The van der Waals surface area contributed by atoms with Crippen molar-refractivity contribution in [2.24, 2.45) is 7.05 Å². The molecule has 0 saturated heterocycles. The van der Waals surface area contributed by atoms with Crippen LogP contribution in [0.15, 0.2) is 42.7 Å². The van der Waals surface area contributed by atoms with Crippen LogP contribution in [0.2, 0.25) is 0 Å². The van der Waals surface area contributed by atoms with E-state index in [0.29, 0.717) is 12.5 Å². The molecule has 0 saturated carbocycles. The van der Waals surface area contributed by atoms with Gasteiger partial charge in [-0.3, -0.25) is 4.68 Å². The van der Waals surface area contributed by atoms with Crippen LogP contribution >= 0.6 is 0 Å². The maximum Gasteiger partial charge on any atom is 0.201 e. The highest BCUT2D eigenvalue weighted by Gasteiger charge is 2.21. The van der Waals surface area contributed by atoms with E-state index < -0.39 is 0 Å². The molecule has 5 heterocycles. The highest BCUT2D eigenvalue weighted by molar-refractivity contribution is 5.72. The van der Waals surface area contributed by atoms with E-state index in [9.17, 15) is 0 Å². The number of nitrogens with one attached hydrogen (secondary N) is 1. The van der Waals surface area contributed by atoms with Crippen molar-refractivity contribution in [2.75, 3.05) is 11.9 Å². The molecular weight excluding hydrogens is 342 g/mol. The molecule has 27 heavy (non-hydrogen) atoms. The van der Waals surface area contributed by atoms with Gasteiger partial charge in [0.25, 0.3) is 0 Å². The summed E-state index contributed by atoms with van der Waals surface area (Å²) >= 11 is 0. The van der Waals surface area contributed by atoms with Gasteiger partial charge >= 0.3 is 0 Å². The Balaban J connectivity index is 1.56. The van der Waals surface area contributed by atoms with Crippen molar-refractivity contribution in [1.82, 2.24) is 29.4 Å². The average Bonchev–Trinajstić information content (AvgIpc) is 3.24. The largest absolute Gasteiger partial charge is 0.478 e. The Morgan fingerprint density at radius 1 is 1.11 bits per heavy atom. The van der Waals surface area contributed by atoms with Crippen LogP contribution in [0.5, 0.6) is 5.88 Å². The van der Waals surface area contributed by atoms with Crippen LogP contribution < -0.4 is 10.1 Å². The molecule has 1 aliphatic rings. The van der Waals surface area contributed by atoms with Crippen molar-refractivity contribution in [1.29, 1.82) is 0 Å². The topological polar surface area (TPSA) is 82.2 Å². The normalized spacial score (nSPS) is 16.1. The van der Waals surface area contributed by atoms with Crippen LogP contribution in [0.25, 0.3) is 16.8 Å². The predicted molar refractivity (Wildman–Crippen MR) is 101 cm³/mol. The summed E-state index contributed by atoms with van der Waals surface area (Å²) < 4.78 is 9.76. The third kappa shape index (κ3) is 2.69. The summed E-state index contributed by atoms with van der Waals surface area (Å²) in [5.74, 6) is 3.68.